The van der Waals surface area contributed by atoms with E-state index in [2.05, 4.69) is 44.0 Å². The van der Waals surface area contributed by atoms with Crippen LogP contribution in [0, 0.1) is 6.92 Å². The van der Waals surface area contributed by atoms with Gasteiger partial charge in [0.05, 0.1) is 11.9 Å². The molecule has 30 heavy (non-hydrogen) atoms. The fraction of sp³-hybridized carbons (Fsp3) is 0.500. The van der Waals surface area contributed by atoms with Gasteiger partial charge in [-0.25, -0.2) is 4.98 Å². The molecule has 0 atom stereocenters. The van der Waals surface area contributed by atoms with Crippen LogP contribution in [0.1, 0.15) is 57.7 Å². The van der Waals surface area contributed by atoms with Crippen LogP contribution >= 0.6 is 0 Å². The van der Waals surface area contributed by atoms with Gasteiger partial charge in [-0.05, 0) is 39.7 Å². The van der Waals surface area contributed by atoms with Crippen LogP contribution in [0.15, 0.2) is 24.5 Å². The number of phenols is 1. The molecule has 3 aromatic rings. The molecule has 0 saturated carbocycles. The molecule has 4 N–H and O–H groups in total. The van der Waals surface area contributed by atoms with E-state index in [1.54, 1.807) is 19.9 Å². The number of imidazole rings is 1. The fourth-order valence-corrected chi connectivity index (χ4v) is 3.40. The molecule has 162 valence electrons. The summed E-state index contributed by atoms with van der Waals surface area (Å²) in [5.41, 5.74) is 2.39. The zero-order valence-electron chi connectivity index (χ0n) is 18.4. The third-order valence-corrected chi connectivity index (χ3v) is 5.12. The van der Waals surface area contributed by atoms with Crippen LogP contribution < -0.4 is 10.6 Å². The number of nitrogens with zero attached hydrogens (tertiary/aromatic N) is 4. The lowest BCUT2D eigenvalue weighted by Gasteiger charge is -2.19. The quantitative estimate of drug-likeness (QED) is 0.421. The number of anilines is 2. The molecule has 0 spiro atoms. The summed E-state index contributed by atoms with van der Waals surface area (Å²) in [5, 5.41) is 26.7. The van der Waals surface area contributed by atoms with Gasteiger partial charge in [0.25, 0.3) is 0 Å². The highest BCUT2D eigenvalue weighted by Gasteiger charge is 2.19. The maximum Gasteiger partial charge on any atom is 0.226 e. The van der Waals surface area contributed by atoms with Crippen LogP contribution in [0.2, 0.25) is 0 Å². The van der Waals surface area contributed by atoms with Crippen molar-refractivity contribution in [1.29, 1.82) is 0 Å². The molecule has 8 nitrogen and oxygen atoms in total. The minimum absolute atomic E-state index is 0.237. The van der Waals surface area contributed by atoms with E-state index in [0.29, 0.717) is 36.4 Å². The number of rotatable bonds is 9. The Balaban J connectivity index is 1.99. The number of benzene rings is 1. The van der Waals surface area contributed by atoms with Crippen molar-refractivity contribution in [2.75, 3.05) is 17.2 Å². The van der Waals surface area contributed by atoms with Gasteiger partial charge in [-0.1, -0.05) is 31.5 Å². The molecule has 0 amide bonds. The number of aryl methyl sites for hydroxylation is 1. The second-order valence-corrected chi connectivity index (χ2v) is 8.34. The van der Waals surface area contributed by atoms with E-state index >= 15 is 0 Å². The normalized spacial score (nSPS) is 12.0. The molecule has 0 fully saturated rings. The van der Waals surface area contributed by atoms with Crippen LogP contribution in [0.5, 0.6) is 5.75 Å². The lowest BCUT2D eigenvalue weighted by molar-refractivity contribution is 0.0943. The Morgan fingerprint density at radius 3 is 2.53 bits per heavy atom. The van der Waals surface area contributed by atoms with Crippen molar-refractivity contribution in [2.45, 2.75) is 65.6 Å². The lowest BCUT2D eigenvalue weighted by atomic mass is 10.1. The third kappa shape index (κ3) is 4.99. The van der Waals surface area contributed by atoms with Crippen LogP contribution in [-0.2, 0) is 6.54 Å². The monoisotopic (exact) mass is 412 g/mol. The number of aliphatic hydroxyl groups is 1. The van der Waals surface area contributed by atoms with E-state index < -0.39 is 5.60 Å². The van der Waals surface area contributed by atoms with Crippen molar-refractivity contribution in [2.24, 2.45) is 0 Å². The maximum absolute atomic E-state index is 10.2. The summed E-state index contributed by atoms with van der Waals surface area (Å²) in [4.78, 5) is 13.8. The Kier molecular flexibility index (Phi) is 6.45. The summed E-state index contributed by atoms with van der Waals surface area (Å²) in [5.74, 6) is 1.25. The highest BCUT2D eigenvalue weighted by atomic mass is 16.3. The summed E-state index contributed by atoms with van der Waals surface area (Å²) in [6.45, 7) is 10.5. The topological polar surface area (TPSA) is 108 Å². The minimum Gasteiger partial charge on any atom is -0.508 e. The average molecular weight is 413 g/mol. The molecule has 0 radical (unpaired) electrons. The van der Waals surface area contributed by atoms with Crippen LogP contribution in [0.25, 0.3) is 11.2 Å². The largest absolute Gasteiger partial charge is 0.508 e. The Morgan fingerprint density at radius 1 is 1.13 bits per heavy atom. The first-order chi connectivity index (χ1) is 14.2. The fourth-order valence-electron chi connectivity index (χ4n) is 3.40. The number of hydrogen-bond donors (Lipinski definition) is 4. The van der Waals surface area contributed by atoms with E-state index in [1.165, 1.54) is 0 Å². The van der Waals surface area contributed by atoms with E-state index in [-0.39, 0.29) is 5.75 Å². The van der Waals surface area contributed by atoms with Gasteiger partial charge in [0.1, 0.15) is 5.75 Å². The summed E-state index contributed by atoms with van der Waals surface area (Å²) in [6, 6.07) is 5.80. The maximum atomic E-state index is 10.2. The van der Waals surface area contributed by atoms with Crippen LogP contribution in [0.4, 0.5) is 11.8 Å². The molecule has 0 aliphatic rings. The van der Waals surface area contributed by atoms with Gasteiger partial charge < -0.3 is 25.4 Å². The molecular weight excluding hydrogens is 380 g/mol. The molecule has 3 rings (SSSR count). The first kappa shape index (κ1) is 21.8. The van der Waals surface area contributed by atoms with Crippen molar-refractivity contribution < 1.29 is 10.2 Å². The zero-order chi connectivity index (χ0) is 21.9. The van der Waals surface area contributed by atoms with Crippen molar-refractivity contribution in [3.8, 4) is 5.75 Å². The van der Waals surface area contributed by atoms with E-state index in [9.17, 15) is 10.2 Å². The highest BCUT2D eigenvalue weighted by molar-refractivity contribution is 5.84. The van der Waals surface area contributed by atoms with Crippen molar-refractivity contribution in [1.82, 2.24) is 19.5 Å². The van der Waals surface area contributed by atoms with Gasteiger partial charge in [-0.15, -0.1) is 0 Å². The molecule has 0 bridgehead atoms. The molecule has 2 heterocycles. The Bertz CT molecular complexity index is 1000. The van der Waals surface area contributed by atoms with Gasteiger partial charge in [0.2, 0.25) is 5.95 Å². The van der Waals surface area contributed by atoms with Crippen LogP contribution in [-0.4, -0.2) is 41.9 Å². The molecule has 8 heteroatoms. The second-order valence-electron chi connectivity index (χ2n) is 8.34. The van der Waals surface area contributed by atoms with Crippen LogP contribution in [0.3, 0.4) is 0 Å². The SMILES string of the molecule is CCC(CC)n1cnc2c(NCc3cc(C)ccc3O)nc(NCC(C)(C)O)nc21. The predicted octanol–water partition coefficient (Wildman–Crippen LogP) is 4.00. The predicted molar refractivity (Wildman–Crippen MR) is 120 cm³/mol. The van der Waals surface area contributed by atoms with E-state index in [1.807, 2.05) is 25.4 Å². The smallest absolute Gasteiger partial charge is 0.226 e. The molecule has 1 aromatic carbocycles. The number of hydrogen-bond acceptors (Lipinski definition) is 7. The van der Waals surface area contributed by atoms with E-state index in [4.69, 9.17) is 0 Å². The number of aromatic nitrogens is 4. The van der Waals surface area contributed by atoms with Gasteiger partial charge in [0, 0.05) is 24.7 Å². The molecule has 0 unspecified atom stereocenters. The Morgan fingerprint density at radius 2 is 1.87 bits per heavy atom. The zero-order valence-corrected chi connectivity index (χ0v) is 18.4. The molecular formula is C22H32N6O2. The third-order valence-electron chi connectivity index (χ3n) is 5.12. The summed E-state index contributed by atoms with van der Waals surface area (Å²) < 4.78 is 2.08. The Hall–Kier alpha value is -2.87. The van der Waals surface area contributed by atoms with E-state index in [0.717, 1.165) is 29.6 Å². The molecule has 0 aliphatic heterocycles. The first-order valence-corrected chi connectivity index (χ1v) is 10.4. The van der Waals surface area contributed by atoms with Gasteiger partial charge >= 0.3 is 0 Å². The molecule has 0 saturated heterocycles. The summed E-state index contributed by atoms with van der Waals surface area (Å²) in [6.07, 6.45) is 3.75. The van der Waals surface area contributed by atoms with Gasteiger partial charge in [0.15, 0.2) is 17.0 Å². The van der Waals surface area contributed by atoms with Gasteiger partial charge in [-0.3, -0.25) is 0 Å². The molecule has 0 aliphatic carbocycles. The summed E-state index contributed by atoms with van der Waals surface area (Å²) in [7, 11) is 0. The van der Waals surface area contributed by atoms with Crippen molar-refractivity contribution in [3.63, 3.8) is 0 Å². The summed E-state index contributed by atoms with van der Waals surface area (Å²) >= 11 is 0. The highest BCUT2D eigenvalue weighted by Crippen LogP contribution is 2.27. The van der Waals surface area contributed by atoms with Gasteiger partial charge in [-0.2, -0.15) is 9.97 Å². The Labute approximate surface area is 177 Å². The number of nitrogens with one attached hydrogen (secondary N) is 2. The average Bonchev–Trinajstić information content (AvgIpc) is 3.11. The minimum atomic E-state index is -0.894. The number of fused-ring (bicyclic) bond motifs is 1. The number of phenolic OH excluding ortho intramolecular Hbond substituents is 1. The van der Waals surface area contributed by atoms with Crippen molar-refractivity contribution >= 4 is 22.9 Å². The second kappa shape index (κ2) is 8.87. The standard InChI is InChI=1S/C22H32N6O2/c1-6-16(7-2)28-13-25-18-19(23-11-15-10-14(3)8-9-17(15)29)26-21(27-20(18)28)24-12-22(4,5)30/h8-10,13,16,29-30H,6-7,11-12H2,1-5H3,(H2,23,24,26,27). The lowest BCUT2D eigenvalue weighted by Crippen LogP contribution is -2.30. The number of aromatic hydroxyl groups is 1. The molecule has 2 aromatic heterocycles. The first-order valence-electron chi connectivity index (χ1n) is 10.4. The van der Waals surface area contributed by atoms with Crippen molar-refractivity contribution in [3.05, 3.63) is 35.7 Å².